The molecule has 3 aromatic rings. The number of tetrazole rings is 1. The molecule has 2 aliphatic heterocycles. The number of aryl methyl sites for hydroxylation is 1. The Balaban J connectivity index is 1.44. The van der Waals surface area contributed by atoms with Crippen molar-refractivity contribution in [3.05, 3.63) is 40.2 Å². The monoisotopic (exact) mass is 554 g/mol. The number of nitriles is 1. The van der Waals surface area contributed by atoms with Gasteiger partial charge in [-0.2, -0.15) is 19.6 Å². The van der Waals surface area contributed by atoms with E-state index in [1.807, 2.05) is 0 Å². The Hall–Kier alpha value is -4.12. The summed E-state index contributed by atoms with van der Waals surface area (Å²) < 4.78 is 36.0. The lowest BCUT2D eigenvalue weighted by Gasteiger charge is -2.47. The molecule has 0 bridgehead atoms. The fourth-order valence-corrected chi connectivity index (χ4v) is 5.66. The minimum atomic E-state index is -1.32. The molecule has 12 nitrogen and oxygen atoms in total. The van der Waals surface area contributed by atoms with Gasteiger partial charge < -0.3 is 15.4 Å². The van der Waals surface area contributed by atoms with Crippen LogP contribution in [0.1, 0.15) is 52.0 Å². The van der Waals surface area contributed by atoms with Crippen LogP contribution in [0.25, 0.3) is 5.69 Å². The van der Waals surface area contributed by atoms with Gasteiger partial charge in [0.25, 0.3) is 0 Å². The molecular formula is C26H32F2N10O2. The lowest BCUT2D eigenvalue weighted by atomic mass is 9.84. The summed E-state index contributed by atoms with van der Waals surface area (Å²) >= 11 is 0. The topological polar surface area (TPSA) is 139 Å². The van der Waals surface area contributed by atoms with Crippen LogP contribution in [0.2, 0.25) is 0 Å². The van der Waals surface area contributed by atoms with E-state index in [-0.39, 0.29) is 46.8 Å². The highest BCUT2D eigenvalue weighted by atomic mass is 19.1. The van der Waals surface area contributed by atoms with Gasteiger partial charge in [-0.1, -0.05) is 0 Å². The molecule has 2 fully saturated rings. The van der Waals surface area contributed by atoms with E-state index >= 15 is 4.39 Å². The molecule has 0 radical (unpaired) electrons. The van der Waals surface area contributed by atoms with E-state index in [0.717, 1.165) is 41.2 Å². The number of nitrogens with one attached hydrogen (secondary N) is 2. The lowest BCUT2D eigenvalue weighted by Crippen LogP contribution is -2.55. The van der Waals surface area contributed by atoms with Gasteiger partial charge >= 0.3 is 5.69 Å². The Morgan fingerprint density at radius 1 is 1.32 bits per heavy atom. The molecule has 1 unspecified atom stereocenters. The fourth-order valence-electron chi connectivity index (χ4n) is 5.66. The van der Waals surface area contributed by atoms with E-state index in [9.17, 15) is 14.4 Å². The van der Waals surface area contributed by atoms with Crippen LogP contribution in [0.4, 0.5) is 26.2 Å². The number of rotatable bonds is 8. The van der Waals surface area contributed by atoms with E-state index in [0.29, 0.717) is 11.9 Å². The molecular weight excluding hydrogens is 522 g/mol. The van der Waals surface area contributed by atoms with Crippen molar-refractivity contribution in [2.75, 3.05) is 23.8 Å². The van der Waals surface area contributed by atoms with Gasteiger partial charge in [-0.15, -0.1) is 0 Å². The molecule has 3 atom stereocenters. The predicted molar refractivity (Wildman–Crippen MR) is 143 cm³/mol. The zero-order valence-electron chi connectivity index (χ0n) is 22.9. The van der Waals surface area contributed by atoms with Crippen LogP contribution in [-0.4, -0.2) is 71.6 Å². The number of fused-ring (bicyclic) bond motifs is 1. The van der Waals surface area contributed by atoms with Crippen LogP contribution in [0.5, 0.6) is 5.75 Å². The minimum absolute atomic E-state index is 0.0136. The maximum atomic E-state index is 15.2. The van der Waals surface area contributed by atoms with E-state index < -0.39 is 17.7 Å². The number of nitrogens with zero attached hydrogens (tertiary/aromatic N) is 8. The Morgan fingerprint density at radius 2 is 2.12 bits per heavy atom. The summed E-state index contributed by atoms with van der Waals surface area (Å²) in [6.07, 6.45) is 4.19. The van der Waals surface area contributed by atoms with Crippen LogP contribution in [0, 0.1) is 17.1 Å². The number of piperidine rings is 1. The van der Waals surface area contributed by atoms with Gasteiger partial charge in [0.2, 0.25) is 5.95 Å². The summed E-state index contributed by atoms with van der Waals surface area (Å²) in [5.41, 5.74) is -0.342. The van der Waals surface area contributed by atoms with Crippen LogP contribution >= 0.6 is 0 Å². The first-order valence-electron chi connectivity index (χ1n) is 13.2. The highest BCUT2D eigenvalue weighted by molar-refractivity contribution is 5.64. The molecule has 212 valence electrons. The van der Waals surface area contributed by atoms with Crippen molar-refractivity contribution in [3.8, 4) is 17.5 Å². The predicted octanol–water partition coefficient (Wildman–Crippen LogP) is 3.06. The lowest BCUT2D eigenvalue weighted by molar-refractivity contribution is 0.0501. The average Bonchev–Trinajstić information content (AvgIpc) is 3.51. The van der Waals surface area contributed by atoms with Crippen LogP contribution in [0.3, 0.4) is 0 Å². The Bertz CT molecular complexity index is 1500. The second-order valence-electron chi connectivity index (χ2n) is 11.0. The highest BCUT2D eigenvalue weighted by Crippen LogP contribution is 2.39. The Kier molecular flexibility index (Phi) is 7.41. The van der Waals surface area contributed by atoms with E-state index in [4.69, 9.17) is 4.74 Å². The Labute approximate surface area is 229 Å². The van der Waals surface area contributed by atoms with Crippen molar-refractivity contribution < 1.29 is 13.5 Å². The number of benzene rings is 1. The normalized spacial score (nSPS) is 20.9. The van der Waals surface area contributed by atoms with Crippen molar-refractivity contribution in [2.45, 2.75) is 70.2 Å². The summed E-state index contributed by atoms with van der Waals surface area (Å²) in [4.78, 5) is 23.8. The van der Waals surface area contributed by atoms with Crippen LogP contribution in [0.15, 0.2) is 23.1 Å². The Morgan fingerprint density at radius 3 is 2.83 bits per heavy atom. The molecule has 0 aliphatic carbocycles. The molecule has 14 heteroatoms. The number of ether oxygens (including phenoxy) is 1. The van der Waals surface area contributed by atoms with Gasteiger partial charge in [-0.05, 0) is 69.5 Å². The molecule has 0 saturated carbocycles. The largest absolute Gasteiger partial charge is 0.488 e. The van der Waals surface area contributed by atoms with Crippen molar-refractivity contribution in [2.24, 2.45) is 7.05 Å². The maximum Gasteiger partial charge on any atom is 0.368 e. The standard InChI is InChI=1S/C26H32F2N10O2/c1-15(27)14-40-22-9-19(28)20(10-21(22)38-25(39)36(4)34-35-38)32-24-30-13-16(12-29)23(33-24)31-17-8-18-6-5-7-37(18)26(2,3)11-17/h9-10,13,15,17-18H,5-8,11,14H2,1-4H3,(H2,30,31,32,33)/t15?,17-,18+/m1/s1. The molecule has 5 rings (SSSR count). The van der Waals surface area contributed by atoms with E-state index in [1.54, 1.807) is 0 Å². The first-order valence-corrected chi connectivity index (χ1v) is 13.2. The number of anilines is 3. The van der Waals surface area contributed by atoms with E-state index in [2.05, 4.69) is 55.8 Å². The second kappa shape index (κ2) is 10.8. The van der Waals surface area contributed by atoms with E-state index in [1.165, 1.54) is 32.7 Å². The SMILES string of the molecule is CC(F)COc1cc(F)c(Nc2ncc(C#N)c(N[C@@H]3C[C@@H]4CCCN4C(C)(C)C3)n2)cc1-n1nnn(C)c1=O. The highest BCUT2D eigenvalue weighted by Gasteiger charge is 2.43. The molecule has 0 spiro atoms. The van der Waals surface area contributed by atoms with Crippen molar-refractivity contribution in [1.29, 1.82) is 5.26 Å². The molecule has 2 N–H and O–H groups in total. The zero-order valence-corrected chi connectivity index (χ0v) is 22.9. The third kappa shape index (κ3) is 5.46. The van der Waals surface area contributed by atoms with Gasteiger partial charge in [-0.3, -0.25) is 4.90 Å². The molecule has 1 aromatic carbocycles. The first-order chi connectivity index (χ1) is 19.1. The summed E-state index contributed by atoms with van der Waals surface area (Å²) in [6, 6.07) is 5.02. The average molecular weight is 555 g/mol. The summed E-state index contributed by atoms with van der Waals surface area (Å²) in [6.45, 7) is 6.52. The first kappa shape index (κ1) is 27.4. The number of aromatic nitrogens is 6. The summed E-state index contributed by atoms with van der Waals surface area (Å²) in [7, 11) is 1.41. The molecule has 2 aliphatic rings. The zero-order chi connectivity index (χ0) is 28.6. The van der Waals surface area contributed by atoms with Crippen molar-refractivity contribution >= 4 is 17.5 Å². The van der Waals surface area contributed by atoms with Gasteiger partial charge in [-0.25, -0.2) is 18.6 Å². The number of hydrogen-bond acceptors (Lipinski definition) is 10. The number of alkyl halides is 1. The summed E-state index contributed by atoms with van der Waals surface area (Å²) in [5, 5.41) is 23.4. The third-order valence-corrected chi connectivity index (χ3v) is 7.42. The van der Waals surface area contributed by atoms with Gasteiger partial charge in [0.15, 0.2) is 5.82 Å². The smallest absolute Gasteiger partial charge is 0.368 e. The molecule has 2 aromatic heterocycles. The molecule has 2 saturated heterocycles. The summed E-state index contributed by atoms with van der Waals surface area (Å²) in [5.74, 6) is -0.435. The quantitative estimate of drug-likeness (QED) is 0.427. The molecule has 0 amide bonds. The third-order valence-electron chi connectivity index (χ3n) is 7.42. The second-order valence-corrected chi connectivity index (χ2v) is 11.0. The van der Waals surface area contributed by atoms with Crippen LogP contribution in [-0.2, 0) is 7.05 Å². The molecule has 40 heavy (non-hydrogen) atoms. The maximum absolute atomic E-state index is 15.2. The van der Waals surface area contributed by atoms with Crippen molar-refractivity contribution in [1.82, 2.24) is 34.7 Å². The fraction of sp³-hybridized carbons (Fsp3) is 0.538. The van der Waals surface area contributed by atoms with Gasteiger partial charge in [0, 0.05) is 30.7 Å². The number of hydrogen-bond donors (Lipinski definition) is 2. The molecule has 4 heterocycles. The number of halogens is 2. The minimum Gasteiger partial charge on any atom is -0.488 e. The van der Waals surface area contributed by atoms with Crippen LogP contribution < -0.4 is 21.1 Å². The van der Waals surface area contributed by atoms with Gasteiger partial charge in [0.1, 0.15) is 41.7 Å². The van der Waals surface area contributed by atoms with Gasteiger partial charge in [0.05, 0.1) is 11.9 Å². The van der Waals surface area contributed by atoms with Crippen molar-refractivity contribution in [3.63, 3.8) is 0 Å².